The maximum atomic E-state index is 4.97. The lowest BCUT2D eigenvalue weighted by atomic mass is 9.73. The van der Waals surface area contributed by atoms with Crippen LogP contribution in [0.25, 0.3) is 0 Å². The second kappa shape index (κ2) is 6.36. The summed E-state index contributed by atoms with van der Waals surface area (Å²) in [7, 11) is 2.03. The maximum absolute atomic E-state index is 4.97. The molecule has 1 heterocycles. The molecule has 0 unspecified atom stereocenters. The summed E-state index contributed by atoms with van der Waals surface area (Å²) < 4.78 is 0. The second-order valence-corrected chi connectivity index (χ2v) is 7.76. The van der Waals surface area contributed by atoms with Crippen LogP contribution in [0.2, 0.25) is 0 Å². The minimum atomic E-state index is 0.549. The third kappa shape index (κ3) is 3.79. The molecule has 0 amide bonds. The summed E-state index contributed by atoms with van der Waals surface area (Å²) in [6.07, 6.45) is 7.67. The van der Waals surface area contributed by atoms with E-state index in [1.54, 1.807) is 0 Å². The van der Waals surface area contributed by atoms with Crippen LogP contribution in [-0.2, 0) is 13.0 Å². The first-order valence-electron chi connectivity index (χ1n) is 7.69. The molecule has 1 aliphatic carbocycles. The molecule has 0 aliphatic heterocycles. The van der Waals surface area contributed by atoms with E-state index in [1.165, 1.54) is 47.7 Å². The lowest BCUT2D eigenvalue weighted by Gasteiger charge is -2.33. The standard InChI is InChI=1S/C16H28N2S/c1-5-6-13-14(11-17-4)19-15(18-13)12-7-9-16(2,3)10-8-12/h12,17H,5-11H2,1-4H3. The van der Waals surface area contributed by atoms with E-state index in [-0.39, 0.29) is 0 Å². The summed E-state index contributed by atoms with van der Waals surface area (Å²) in [5.41, 5.74) is 1.90. The fraction of sp³-hybridized carbons (Fsp3) is 0.812. The van der Waals surface area contributed by atoms with Gasteiger partial charge in [-0.3, -0.25) is 0 Å². The van der Waals surface area contributed by atoms with E-state index in [9.17, 15) is 0 Å². The van der Waals surface area contributed by atoms with Gasteiger partial charge >= 0.3 is 0 Å². The Morgan fingerprint density at radius 1 is 1.32 bits per heavy atom. The molecule has 1 aromatic heterocycles. The van der Waals surface area contributed by atoms with Crippen LogP contribution >= 0.6 is 11.3 Å². The van der Waals surface area contributed by atoms with E-state index in [1.807, 2.05) is 18.4 Å². The van der Waals surface area contributed by atoms with Gasteiger partial charge in [-0.25, -0.2) is 4.98 Å². The van der Waals surface area contributed by atoms with Gasteiger partial charge in [-0.1, -0.05) is 27.2 Å². The van der Waals surface area contributed by atoms with E-state index < -0.39 is 0 Å². The number of aryl methyl sites for hydroxylation is 1. The number of hydrogen-bond acceptors (Lipinski definition) is 3. The Morgan fingerprint density at radius 3 is 2.58 bits per heavy atom. The predicted octanol–water partition coefficient (Wildman–Crippen LogP) is 4.50. The van der Waals surface area contributed by atoms with Crippen LogP contribution in [-0.4, -0.2) is 12.0 Å². The zero-order chi connectivity index (χ0) is 13.9. The average Bonchev–Trinajstić information content (AvgIpc) is 2.73. The van der Waals surface area contributed by atoms with Gasteiger partial charge in [0.25, 0.3) is 0 Å². The predicted molar refractivity (Wildman–Crippen MR) is 83.9 cm³/mol. The second-order valence-electron chi connectivity index (χ2n) is 6.64. The first kappa shape index (κ1) is 15.0. The number of thiazole rings is 1. The number of rotatable bonds is 5. The van der Waals surface area contributed by atoms with Crippen molar-refractivity contribution in [3.05, 3.63) is 15.6 Å². The molecular formula is C16H28N2S. The topological polar surface area (TPSA) is 24.9 Å². The Kier molecular flexibility index (Phi) is 5.02. The summed E-state index contributed by atoms with van der Waals surface area (Å²) in [4.78, 5) is 6.43. The molecule has 1 N–H and O–H groups in total. The van der Waals surface area contributed by atoms with Crippen molar-refractivity contribution >= 4 is 11.3 Å². The molecule has 1 saturated carbocycles. The third-order valence-electron chi connectivity index (χ3n) is 4.31. The average molecular weight is 280 g/mol. The van der Waals surface area contributed by atoms with Crippen molar-refractivity contribution in [2.75, 3.05) is 7.05 Å². The minimum absolute atomic E-state index is 0.549. The fourth-order valence-corrected chi connectivity index (χ4v) is 4.25. The lowest BCUT2D eigenvalue weighted by Crippen LogP contribution is -2.20. The molecule has 1 aromatic rings. The Labute approximate surface area is 122 Å². The van der Waals surface area contributed by atoms with Crippen LogP contribution in [0.4, 0.5) is 0 Å². The Balaban J connectivity index is 2.10. The van der Waals surface area contributed by atoms with Gasteiger partial charge in [0, 0.05) is 17.3 Å². The molecule has 2 rings (SSSR count). The molecule has 108 valence electrons. The van der Waals surface area contributed by atoms with Crippen molar-refractivity contribution in [3.8, 4) is 0 Å². The lowest BCUT2D eigenvalue weighted by molar-refractivity contribution is 0.224. The van der Waals surface area contributed by atoms with Crippen molar-refractivity contribution in [3.63, 3.8) is 0 Å². The van der Waals surface area contributed by atoms with Gasteiger partial charge in [0.15, 0.2) is 0 Å². The molecule has 1 fully saturated rings. The van der Waals surface area contributed by atoms with Gasteiger partial charge < -0.3 is 5.32 Å². The van der Waals surface area contributed by atoms with Gasteiger partial charge in [0.2, 0.25) is 0 Å². The highest BCUT2D eigenvalue weighted by molar-refractivity contribution is 7.11. The zero-order valence-corrected chi connectivity index (χ0v) is 13.7. The molecule has 0 saturated heterocycles. The van der Waals surface area contributed by atoms with E-state index in [0.717, 1.165) is 18.9 Å². The summed E-state index contributed by atoms with van der Waals surface area (Å²) in [5, 5.41) is 4.69. The van der Waals surface area contributed by atoms with E-state index >= 15 is 0 Å². The molecule has 1 aliphatic rings. The first-order valence-corrected chi connectivity index (χ1v) is 8.50. The fourth-order valence-electron chi connectivity index (χ4n) is 2.95. The summed E-state index contributed by atoms with van der Waals surface area (Å²) in [5.74, 6) is 0.722. The molecule has 0 bridgehead atoms. The van der Waals surface area contributed by atoms with Crippen LogP contribution in [0.15, 0.2) is 0 Å². The van der Waals surface area contributed by atoms with Crippen LogP contribution in [0.5, 0.6) is 0 Å². The normalized spacial score (nSPS) is 19.8. The molecule has 2 nitrogen and oxygen atoms in total. The monoisotopic (exact) mass is 280 g/mol. The highest BCUT2D eigenvalue weighted by Crippen LogP contribution is 2.43. The highest BCUT2D eigenvalue weighted by Gasteiger charge is 2.29. The van der Waals surface area contributed by atoms with Crippen molar-refractivity contribution in [2.24, 2.45) is 5.41 Å². The summed E-state index contributed by atoms with van der Waals surface area (Å²) in [6, 6.07) is 0. The number of nitrogens with one attached hydrogen (secondary N) is 1. The van der Waals surface area contributed by atoms with E-state index in [4.69, 9.17) is 4.98 Å². The van der Waals surface area contributed by atoms with Crippen molar-refractivity contribution in [1.82, 2.24) is 10.3 Å². The van der Waals surface area contributed by atoms with Crippen molar-refractivity contribution < 1.29 is 0 Å². The first-order chi connectivity index (χ1) is 9.05. The van der Waals surface area contributed by atoms with Crippen LogP contribution in [0.1, 0.15) is 74.4 Å². The number of hydrogen-bond donors (Lipinski definition) is 1. The number of nitrogens with zero attached hydrogens (tertiary/aromatic N) is 1. The van der Waals surface area contributed by atoms with Crippen LogP contribution in [0, 0.1) is 5.41 Å². The van der Waals surface area contributed by atoms with Gasteiger partial charge in [0.05, 0.1) is 10.7 Å². The van der Waals surface area contributed by atoms with Gasteiger partial charge in [-0.15, -0.1) is 11.3 Å². The molecule has 0 aromatic carbocycles. The Hall–Kier alpha value is -0.410. The number of aromatic nitrogens is 1. The maximum Gasteiger partial charge on any atom is 0.0962 e. The molecule has 3 heteroatoms. The van der Waals surface area contributed by atoms with Gasteiger partial charge in [0.1, 0.15) is 0 Å². The SMILES string of the molecule is CCCc1nc(C2CCC(C)(C)CC2)sc1CNC. The van der Waals surface area contributed by atoms with Crippen LogP contribution in [0.3, 0.4) is 0 Å². The Bertz CT molecular complexity index is 375. The smallest absolute Gasteiger partial charge is 0.0962 e. The van der Waals surface area contributed by atoms with Gasteiger partial charge in [-0.2, -0.15) is 0 Å². The van der Waals surface area contributed by atoms with E-state index in [2.05, 4.69) is 26.1 Å². The van der Waals surface area contributed by atoms with Crippen molar-refractivity contribution in [1.29, 1.82) is 0 Å². The largest absolute Gasteiger partial charge is 0.315 e. The zero-order valence-electron chi connectivity index (χ0n) is 12.9. The molecule has 19 heavy (non-hydrogen) atoms. The molecule has 0 radical (unpaired) electrons. The van der Waals surface area contributed by atoms with Gasteiger partial charge in [-0.05, 0) is 44.6 Å². The molecule has 0 atom stereocenters. The van der Waals surface area contributed by atoms with Crippen molar-refractivity contribution in [2.45, 2.75) is 71.8 Å². The highest BCUT2D eigenvalue weighted by atomic mass is 32.1. The summed E-state index contributed by atoms with van der Waals surface area (Å²) >= 11 is 1.96. The van der Waals surface area contributed by atoms with E-state index in [0.29, 0.717) is 5.41 Å². The third-order valence-corrected chi connectivity index (χ3v) is 5.57. The van der Waals surface area contributed by atoms with Crippen LogP contribution < -0.4 is 5.32 Å². The quantitative estimate of drug-likeness (QED) is 0.859. The summed E-state index contributed by atoms with van der Waals surface area (Å²) in [6.45, 7) is 8.02. The molecule has 0 spiro atoms. The molecular weight excluding hydrogens is 252 g/mol. The Morgan fingerprint density at radius 2 is 2.00 bits per heavy atom. The minimum Gasteiger partial charge on any atom is -0.315 e.